The van der Waals surface area contributed by atoms with Crippen molar-refractivity contribution in [3.05, 3.63) is 51.5 Å². The molecule has 0 bridgehead atoms. The normalized spacial score (nSPS) is 10.3. The van der Waals surface area contributed by atoms with Crippen LogP contribution in [-0.2, 0) is 6.42 Å². The fourth-order valence-electron chi connectivity index (χ4n) is 1.62. The van der Waals surface area contributed by atoms with E-state index in [1.807, 2.05) is 37.3 Å². The van der Waals surface area contributed by atoms with Gasteiger partial charge in [0.05, 0.1) is 10.7 Å². The number of rotatable bonds is 4. The van der Waals surface area contributed by atoms with Gasteiger partial charge in [0.25, 0.3) is 5.91 Å². The summed E-state index contributed by atoms with van der Waals surface area (Å²) in [5, 5.41) is 3.99. The second-order valence-corrected chi connectivity index (χ2v) is 5.41. The first-order valence-corrected chi connectivity index (χ1v) is 6.74. The van der Waals surface area contributed by atoms with Gasteiger partial charge in [-0.2, -0.15) is 0 Å². The van der Waals surface area contributed by atoms with Gasteiger partial charge in [-0.1, -0.05) is 18.2 Å². The summed E-state index contributed by atoms with van der Waals surface area (Å²) in [4.78, 5) is 17.5. The molecule has 0 aliphatic rings. The number of amides is 1. The van der Waals surface area contributed by atoms with Crippen molar-refractivity contribution in [2.45, 2.75) is 20.3 Å². The van der Waals surface area contributed by atoms with Gasteiger partial charge in [-0.3, -0.25) is 4.79 Å². The Balaban J connectivity index is 1.84. The number of carbonyl (C=O) groups excluding carboxylic acids is 1. The monoisotopic (exact) mass is 260 g/mol. The van der Waals surface area contributed by atoms with Crippen LogP contribution in [0.4, 0.5) is 0 Å². The van der Waals surface area contributed by atoms with Crippen molar-refractivity contribution in [3.63, 3.8) is 0 Å². The average Bonchev–Trinajstić information content (AvgIpc) is 2.69. The van der Waals surface area contributed by atoms with E-state index >= 15 is 0 Å². The van der Waals surface area contributed by atoms with Crippen LogP contribution in [0.15, 0.2) is 30.3 Å². The molecule has 18 heavy (non-hydrogen) atoms. The maximum atomic E-state index is 11.8. The SMILES string of the molecule is Cc1nc(CCNC(=O)c2ccccc2)sc1C. The smallest absolute Gasteiger partial charge is 0.251 e. The third kappa shape index (κ3) is 3.17. The lowest BCUT2D eigenvalue weighted by Crippen LogP contribution is -2.25. The zero-order chi connectivity index (χ0) is 13.0. The molecule has 0 fully saturated rings. The lowest BCUT2D eigenvalue weighted by atomic mass is 10.2. The van der Waals surface area contributed by atoms with Crippen molar-refractivity contribution in [2.75, 3.05) is 6.54 Å². The minimum absolute atomic E-state index is 0.0272. The van der Waals surface area contributed by atoms with Gasteiger partial charge in [0.15, 0.2) is 0 Å². The lowest BCUT2D eigenvalue weighted by molar-refractivity contribution is 0.0954. The first-order valence-electron chi connectivity index (χ1n) is 5.93. The highest BCUT2D eigenvalue weighted by atomic mass is 32.1. The topological polar surface area (TPSA) is 42.0 Å². The molecule has 2 aromatic rings. The molecule has 0 spiro atoms. The zero-order valence-electron chi connectivity index (χ0n) is 10.6. The highest BCUT2D eigenvalue weighted by Crippen LogP contribution is 2.16. The van der Waals surface area contributed by atoms with Gasteiger partial charge >= 0.3 is 0 Å². The van der Waals surface area contributed by atoms with Crippen LogP contribution >= 0.6 is 11.3 Å². The van der Waals surface area contributed by atoms with Crippen molar-refractivity contribution < 1.29 is 4.79 Å². The molecule has 0 radical (unpaired) electrons. The number of aromatic nitrogens is 1. The van der Waals surface area contributed by atoms with Gasteiger partial charge in [-0.15, -0.1) is 11.3 Å². The molecule has 4 heteroatoms. The van der Waals surface area contributed by atoms with Crippen LogP contribution < -0.4 is 5.32 Å². The molecule has 0 saturated heterocycles. The Labute approximate surface area is 111 Å². The quantitative estimate of drug-likeness (QED) is 0.918. The second-order valence-electron chi connectivity index (χ2n) is 4.12. The zero-order valence-corrected chi connectivity index (χ0v) is 11.4. The predicted octanol–water partition coefficient (Wildman–Crippen LogP) is 2.73. The number of carbonyl (C=O) groups is 1. The van der Waals surface area contributed by atoms with E-state index in [0.29, 0.717) is 12.1 Å². The van der Waals surface area contributed by atoms with E-state index < -0.39 is 0 Å². The van der Waals surface area contributed by atoms with Crippen molar-refractivity contribution in [1.82, 2.24) is 10.3 Å². The third-order valence-corrected chi connectivity index (χ3v) is 3.87. The van der Waals surface area contributed by atoms with E-state index in [-0.39, 0.29) is 5.91 Å². The minimum Gasteiger partial charge on any atom is -0.352 e. The van der Waals surface area contributed by atoms with Crippen molar-refractivity contribution in [3.8, 4) is 0 Å². The molecule has 1 amide bonds. The highest BCUT2D eigenvalue weighted by Gasteiger charge is 2.06. The summed E-state index contributed by atoms with van der Waals surface area (Å²) in [6, 6.07) is 9.25. The summed E-state index contributed by atoms with van der Waals surface area (Å²) in [5.74, 6) is -0.0272. The minimum atomic E-state index is -0.0272. The number of nitrogens with zero attached hydrogens (tertiary/aromatic N) is 1. The van der Waals surface area contributed by atoms with Crippen molar-refractivity contribution in [2.24, 2.45) is 0 Å². The molecule has 0 atom stereocenters. The van der Waals surface area contributed by atoms with Gasteiger partial charge in [0, 0.05) is 23.4 Å². The largest absolute Gasteiger partial charge is 0.352 e. The van der Waals surface area contributed by atoms with Gasteiger partial charge in [-0.05, 0) is 26.0 Å². The van der Waals surface area contributed by atoms with E-state index in [1.54, 1.807) is 11.3 Å². The van der Waals surface area contributed by atoms with E-state index in [2.05, 4.69) is 17.2 Å². The van der Waals surface area contributed by atoms with Crippen LogP contribution in [0.2, 0.25) is 0 Å². The molecule has 94 valence electrons. The molecule has 1 heterocycles. The maximum absolute atomic E-state index is 11.8. The molecule has 2 rings (SSSR count). The van der Waals surface area contributed by atoms with Crippen LogP contribution in [0.25, 0.3) is 0 Å². The highest BCUT2D eigenvalue weighted by molar-refractivity contribution is 7.11. The van der Waals surface area contributed by atoms with Gasteiger partial charge in [0.2, 0.25) is 0 Å². The number of thiazole rings is 1. The molecule has 0 aliphatic carbocycles. The Morgan fingerprint density at radius 3 is 2.61 bits per heavy atom. The third-order valence-electron chi connectivity index (χ3n) is 2.73. The number of benzene rings is 1. The standard InChI is InChI=1S/C14H16N2OS/c1-10-11(2)18-13(16-10)8-9-15-14(17)12-6-4-3-5-7-12/h3-7H,8-9H2,1-2H3,(H,15,17). The Bertz CT molecular complexity index is 514. The van der Waals surface area contributed by atoms with Crippen LogP contribution in [0, 0.1) is 13.8 Å². The molecular formula is C14H16N2OS. The van der Waals surface area contributed by atoms with E-state index in [9.17, 15) is 4.79 Å². The molecule has 1 N–H and O–H groups in total. The van der Waals surface area contributed by atoms with Crippen LogP contribution in [-0.4, -0.2) is 17.4 Å². The van der Waals surface area contributed by atoms with Crippen LogP contribution in [0.5, 0.6) is 0 Å². The summed E-state index contributed by atoms with van der Waals surface area (Å²) in [6.45, 7) is 4.71. The average molecular weight is 260 g/mol. The van der Waals surface area contributed by atoms with Gasteiger partial charge in [0.1, 0.15) is 0 Å². The molecule has 0 saturated carbocycles. The molecule has 1 aromatic heterocycles. The summed E-state index contributed by atoms with van der Waals surface area (Å²) >= 11 is 1.70. The Hall–Kier alpha value is -1.68. The first kappa shape index (κ1) is 12.8. The number of nitrogens with one attached hydrogen (secondary N) is 1. The summed E-state index contributed by atoms with van der Waals surface area (Å²) in [5.41, 5.74) is 1.79. The maximum Gasteiger partial charge on any atom is 0.251 e. The summed E-state index contributed by atoms with van der Waals surface area (Å²) < 4.78 is 0. The Morgan fingerprint density at radius 1 is 1.28 bits per heavy atom. The fraction of sp³-hybridized carbons (Fsp3) is 0.286. The van der Waals surface area contributed by atoms with Crippen LogP contribution in [0.3, 0.4) is 0 Å². The molecule has 3 nitrogen and oxygen atoms in total. The molecular weight excluding hydrogens is 244 g/mol. The molecule has 0 unspecified atom stereocenters. The van der Waals surface area contributed by atoms with Crippen LogP contribution in [0.1, 0.15) is 25.9 Å². The predicted molar refractivity (Wildman–Crippen MR) is 74.1 cm³/mol. The van der Waals surface area contributed by atoms with Crippen molar-refractivity contribution >= 4 is 17.2 Å². The molecule has 1 aromatic carbocycles. The number of hydrogen-bond donors (Lipinski definition) is 1. The molecule has 0 aliphatic heterocycles. The van der Waals surface area contributed by atoms with E-state index in [4.69, 9.17) is 0 Å². The van der Waals surface area contributed by atoms with E-state index in [0.717, 1.165) is 17.1 Å². The fourth-order valence-corrected chi connectivity index (χ4v) is 2.55. The Kier molecular flexibility index (Phi) is 4.10. The van der Waals surface area contributed by atoms with Gasteiger partial charge < -0.3 is 5.32 Å². The van der Waals surface area contributed by atoms with Gasteiger partial charge in [-0.25, -0.2) is 4.98 Å². The van der Waals surface area contributed by atoms with E-state index in [1.165, 1.54) is 4.88 Å². The Morgan fingerprint density at radius 2 is 2.00 bits per heavy atom. The number of aryl methyl sites for hydroxylation is 2. The van der Waals surface area contributed by atoms with Crippen molar-refractivity contribution in [1.29, 1.82) is 0 Å². The summed E-state index contributed by atoms with van der Waals surface area (Å²) in [7, 11) is 0. The second kappa shape index (κ2) is 5.78. The summed E-state index contributed by atoms with van der Waals surface area (Å²) in [6.07, 6.45) is 0.790. The lowest BCUT2D eigenvalue weighted by Gasteiger charge is -2.03. The number of hydrogen-bond acceptors (Lipinski definition) is 3. The first-order chi connectivity index (χ1) is 8.66.